The highest BCUT2D eigenvalue weighted by molar-refractivity contribution is 5.23. The van der Waals surface area contributed by atoms with Crippen molar-refractivity contribution >= 4 is 0 Å². The second kappa shape index (κ2) is 13.3. The van der Waals surface area contributed by atoms with E-state index in [1.807, 2.05) is 13.8 Å². The Morgan fingerprint density at radius 3 is 1.42 bits per heavy atom. The first-order valence-electron chi connectivity index (χ1n) is 10.6. The summed E-state index contributed by atoms with van der Waals surface area (Å²) in [5, 5.41) is 18.6. The van der Waals surface area contributed by atoms with Gasteiger partial charge in [-0.1, -0.05) is 78.6 Å². The summed E-state index contributed by atoms with van der Waals surface area (Å²) in [6.45, 7) is 13.1. The highest BCUT2D eigenvalue weighted by atomic mass is 16.3. The van der Waals surface area contributed by atoms with Gasteiger partial charge in [0, 0.05) is 13.2 Å². The number of aliphatic hydroxyl groups is 2. The molecule has 2 N–H and O–H groups in total. The van der Waals surface area contributed by atoms with Gasteiger partial charge in [-0.15, -0.1) is 0 Å². The second-order valence-corrected chi connectivity index (χ2v) is 8.88. The summed E-state index contributed by atoms with van der Waals surface area (Å²) in [5.74, 6) is 0. The van der Waals surface area contributed by atoms with Gasteiger partial charge in [0.15, 0.2) is 0 Å². The average Bonchev–Trinajstić information content (AvgIpc) is 2.64. The summed E-state index contributed by atoms with van der Waals surface area (Å²) in [6, 6.07) is 9.00. The van der Waals surface area contributed by atoms with E-state index in [4.69, 9.17) is 0 Å². The van der Waals surface area contributed by atoms with Gasteiger partial charge in [0.25, 0.3) is 0 Å². The number of rotatable bonds is 12. The predicted molar refractivity (Wildman–Crippen MR) is 115 cm³/mol. The maximum absolute atomic E-state index is 9.30. The number of hydrogen-bond acceptors (Lipinski definition) is 2. The molecule has 0 spiro atoms. The zero-order valence-electron chi connectivity index (χ0n) is 18.3. The third-order valence-corrected chi connectivity index (χ3v) is 4.99. The van der Waals surface area contributed by atoms with Crippen molar-refractivity contribution in [1.29, 1.82) is 0 Å². The molecule has 0 aromatic heterocycles. The Kier molecular flexibility index (Phi) is 12.9. The van der Waals surface area contributed by atoms with Crippen LogP contribution in [-0.2, 0) is 12.8 Å². The van der Waals surface area contributed by atoms with Crippen LogP contribution in [0.25, 0.3) is 0 Å². The molecule has 0 aliphatic rings. The standard InChI is InChI=1S/C22H38O2.C2H6/c1-21(2,17-23)14-7-5-10-19-12-9-13-20(16-19)11-6-8-15-22(3,4)18-24;1-2/h9,12-13,16,23-24H,5-8,10-11,14-15,17-18H2,1-4H3;1-2H3. The van der Waals surface area contributed by atoms with Gasteiger partial charge in [0.1, 0.15) is 0 Å². The van der Waals surface area contributed by atoms with Gasteiger partial charge in [0.05, 0.1) is 0 Å². The van der Waals surface area contributed by atoms with Crippen molar-refractivity contribution in [3.05, 3.63) is 35.4 Å². The molecule has 0 atom stereocenters. The van der Waals surface area contributed by atoms with Crippen molar-refractivity contribution in [1.82, 2.24) is 0 Å². The first-order valence-corrected chi connectivity index (χ1v) is 10.6. The highest BCUT2D eigenvalue weighted by Crippen LogP contribution is 2.24. The van der Waals surface area contributed by atoms with Crippen molar-refractivity contribution in [2.24, 2.45) is 10.8 Å². The Morgan fingerprint density at radius 1 is 0.692 bits per heavy atom. The lowest BCUT2D eigenvalue weighted by atomic mass is 9.87. The van der Waals surface area contributed by atoms with E-state index in [-0.39, 0.29) is 24.0 Å². The largest absolute Gasteiger partial charge is 0.396 e. The third-order valence-electron chi connectivity index (χ3n) is 4.99. The van der Waals surface area contributed by atoms with E-state index < -0.39 is 0 Å². The number of aliphatic hydroxyl groups excluding tert-OH is 2. The van der Waals surface area contributed by atoms with Gasteiger partial charge in [-0.25, -0.2) is 0 Å². The van der Waals surface area contributed by atoms with Crippen molar-refractivity contribution in [3.8, 4) is 0 Å². The fraction of sp³-hybridized carbons (Fsp3) is 0.750. The first-order chi connectivity index (χ1) is 12.3. The van der Waals surface area contributed by atoms with E-state index in [9.17, 15) is 10.2 Å². The topological polar surface area (TPSA) is 40.5 Å². The smallest absolute Gasteiger partial charge is 0.0482 e. The molecular formula is C24H44O2. The molecule has 26 heavy (non-hydrogen) atoms. The number of benzene rings is 1. The lowest BCUT2D eigenvalue weighted by molar-refractivity contribution is 0.147. The van der Waals surface area contributed by atoms with Crippen LogP contribution in [0.3, 0.4) is 0 Å². The first kappa shape index (κ1) is 25.1. The van der Waals surface area contributed by atoms with Crippen LogP contribution in [0.2, 0.25) is 0 Å². The molecule has 1 rings (SSSR count). The number of hydrogen-bond donors (Lipinski definition) is 2. The molecule has 2 heteroatoms. The molecule has 1 aromatic carbocycles. The molecule has 0 bridgehead atoms. The third kappa shape index (κ3) is 11.7. The van der Waals surface area contributed by atoms with Crippen molar-refractivity contribution in [3.63, 3.8) is 0 Å². The Hall–Kier alpha value is -0.860. The molecule has 0 unspecified atom stereocenters. The lowest BCUT2D eigenvalue weighted by Gasteiger charge is -2.21. The maximum atomic E-state index is 9.30. The maximum Gasteiger partial charge on any atom is 0.0482 e. The zero-order chi connectivity index (χ0) is 20.1. The van der Waals surface area contributed by atoms with E-state index in [0.717, 1.165) is 25.7 Å². The normalized spacial score (nSPS) is 11.8. The van der Waals surface area contributed by atoms with Crippen LogP contribution in [0.1, 0.15) is 91.2 Å². The van der Waals surface area contributed by atoms with E-state index in [0.29, 0.717) is 0 Å². The minimum atomic E-state index is 0.0597. The van der Waals surface area contributed by atoms with Gasteiger partial charge < -0.3 is 10.2 Å². The highest BCUT2D eigenvalue weighted by Gasteiger charge is 2.16. The summed E-state index contributed by atoms with van der Waals surface area (Å²) in [5.41, 5.74) is 2.99. The summed E-state index contributed by atoms with van der Waals surface area (Å²) in [6.07, 6.45) is 9.17. The fourth-order valence-electron chi connectivity index (χ4n) is 2.96. The van der Waals surface area contributed by atoms with Crippen LogP contribution in [0.5, 0.6) is 0 Å². The van der Waals surface area contributed by atoms with E-state index in [1.54, 1.807) is 0 Å². The zero-order valence-corrected chi connectivity index (χ0v) is 18.3. The van der Waals surface area contributed by atoms with Crippen LogP contribution in [0, 0.1) is 10.8 Å². The predicted octanol–water partition coefficient (Wildman–Crippen LogP) is 6.18. The van der Waals surface area contributed by atoms with Gasteiger partial charge in [-0.2, -0.15) is 0 Å². The van der Waals surface area contributed by atoms with Gasteiger partial charge in [-0.3, -0.25) is 0 Å². The molecule has 0 aliphatic heterocycles. The van der Waals surface area contributed by atoms with Crippen LogP contribution in [0.4, 0.5) is 0 Å². The van der Waals surface area contributed by atoms with Gasteiger partial charge in [-0.05, 0) is 60.5 Å². The quantitative estimate of drug-likeness (QED) is 0.435. The average molecular weight is 365 g/mol. The van der Waals surface area contributed by atoms with E-state index in [2.05, 4.69) is 52.0 Å². The van der Waals surface area contributed by atoms with E-state index in [1.165, 1.54) is 36.8 Å². The molecule has 0 radical (unpaired) electrons. The summed E-state index contributed by atoms with van der Waals surface area (Å²) in [7, 11) is 0. The monoisotopic (exact) mass is 364 g/mol. The molecule has 0 aliphatic carbocycles. The Labute approximate surface area is 163 Å². The summed E-state index contributed by atoms with van der Waals surface area (Å²) >= 11 is 0. The molecule has 152 valence electrons. The minimum Gasteiger partial charge on any atom is -0.396 e. The Morgan fingerprint density at radius 2 is 1.08 bits per heavy atom. The molecule has 0 heterocycles. The number of unbranched alkanes of at least 4 members (excludes halogenated alkanes) is 2. The van der Waals surface area contributed by atoms with Crippen molar-refractivity contribution < 1.29 is 10.2 Å². The van der Waals surface area contributed by atoms with Crippen molar-refractivity contribution in [2.45, 2.75) is 92.9 Å². The molecule has 0 fully saturated rings. The van der Waals surface area contributed by atoms with Gasteiger partial charge >= 0.3 is 0 Å². The fourth-order valence-corrected chi connectivity index (χ4v) is 2.96. The summed E-state index contributed by atoms with van der Waals surface area (Å²) in [4.78, 5) is 0. The number of aryl methyl sites for hydroxylation is 2. The van der Waals surface area contributed by atoms with Crippen LogP contribution < -0.4 is 0 Å². The SMILES string of the molecule is CC.CC(C)(CO)CCCCc1cccc(CCCCC(C)(C)CO)c1. The molecule has 0 saturated carbocycles. The van der Waals surface area contributed by atoms with Crippen LogP contribution >= 0.6 is 0 Å². The Bertz CT molecular complexity index is 424. The molecular weight excluding hydrogens is 320 g/mol. The lowest BCUT2D eigenvalue weighted by Crippen LogP contribution is -2.16. The summed E-state index contributed by atoms with van der Waals surface area (Å²) < 4.78 is 0. The minimum absolute atomic E-state index is 0.0597. The molecule has 2 nitrogen and oxygen atoms in total. The van der Waals surface area contributed by atoms with Gasteiger partial charge in [0.2, 0.25) is 0 Å². The van der Waals surface area contributed by atoms with E-state index >= 15 is 0 Å². The van der Waals surface area contributed by atoms with Crippen LogP contribution in [-0.4, -0.2) is 23.4 Å². The second-order valence-electron chi connectivity index (χ2n) is 8.88. The molecule has 0 amide bonds. The Balaban J connectivity index is 0.00000301. The van der Waals surface area contributed by atoms with Crippen molar-refractivity contribution in [2.75, 3.05) is 13.2 Å². The van der Waals surface area contributed by atoms with Crippen LogP contribution in [0.15, 0.2) is 24.3 Å². The molecule has 1 aromatic rings. The molecule has 0 saturated heterocycles.